The van der Waals surface area contributed by atoms with Crippen molar-refractivity contribution in [1.29, 1.82) is 0 Å². The third-order valence-electron chi connectivity index (χ3n) is 2.95. The number of unbranched alkanes of at least 4 members (excludes halogenated alkanes) is 4. The molecule has 0 aliphatic rings. The summed E-state index contributed by atoms with van der Waals surface area (Å²) in [5.41, 5.74) is 4.34. The largest absolute Gasteiger partial charge is 0.271 e. The van der Waals surface area contributed by atoms with Crippen molar-refractivity contribution in [3.63, 3.8) is 0 Å². The van der Waals surface area contributed by atoms with E-state index in [1.807, 2.05) is 0 Å². The first-order valence-electron chi connectivity index (χ1n) is 6.34. The zero-order valence-electron chi connectivity index (χ0n) is 10.2. The third kappa shape index (κ3) is 5.64. The highest BCUT2D eigenvalue weighted by Gasteiger charge is 2.07. The SMILES string of the molecule is CCCCCCCC(Cc1ccsc1)NN. The Balaban J connectivity index is 2.12. The monoisotopic (exact) mass is 240 g/mol. The van der Waals surface area contributed by atoms with Crippen molar-refractivity contribution >= 4 is 11.3 Å². The van der Waals surface area contributed by atoms with Crippen LogP contribution in [-0.2, 0) is 6.42 Å². The van der Waals surface area contributed by atoms with Crippen molar-refractivity contribution in [3.8, 4) is 0 Å². The zero-order chi connectivity index (χ0) is 11.6. The van der Waals surface area contributed by atoms with Gasteiger partial charge in [0.2, 0.25) is 0 Å². The molecule has 0 spiro atoms. The lowest BCUT2D eigenvalue weighted by atomic mass is 10.0. The molecule has 0 amide bonds. The minimum absolute atomic E-state index is 0.441. The van der Waals surface area contributed by atoms with Gasteiger partial charge in [-0.1, -0.05) is 39.0 Å². The molecule has 1 heterocycles. The normalized spacial score (nSPS) is 12.9. The summed E-state index contributed by atoms with van der Waals surface area (Å²) >= 11 is 1.76. The van der Waals surface area contributed by atoms with Crippen molar-refractivity contribution in [2.45, 2.75) is 57.9 Å². The van der Waals surface area contributed by atoms with Crippen molar-refractivity contribution in [2.75, 3.05) is 0 Å². The van der Waals surface area contributed by atoms with Gasteiger partial charge in [-0.15, -0.1) is 0 Å². The number of rotatable bonds is 9. The van der Waals surface area contributed by atoms with Crippen molar-refractivity contribution in [1.82, 2.24) is 5.43 Å². The molecule has 0 saturated heterocycles. The second kappa shape index (κ2) is 8.74. The Hall–Kier alpha value is -0.380. The van der Waals surface area contributed by atoms with E-state index in [1.165, 1.54) is 44.1 Å². The number of hydrazine groups is 1. The van der Waals surface area contributed by atoms with E-state index in [-0.39, 0.29) is 0 Å². The number of nitrogens with one attached hydrogen (secondary N) is 1. The Labute approximate surface area is 103 Å². The maximum atomic E-state index is 5.58. The van der Waals surface area contributed by atoms with Gasteiger partial charge in [-0.3, -0.25) is 11.3 Å². The maximum Gasteiger partial charge on any atom is 0.0251 e. The molecule has 1 rings (SSSR count). The Kier molecular flexibility index (Phi) is 7.47. The van der Waals surface area contributed by atoms with E-state index >= 15 is 0 Å². The molecule has 3 N–H and O–H groups in total. The molecule has 0 aliphatic carbocycles. The fraction of sp³-hybridized carbons (Fsp3) is 0.692. The molecule has 16 heavy (non-hydrogen) atoms. The fourth-order valence-corrected chi connectivity index (χ4v) is 2.61. The van der Waals surface area contributed by atoms with Crippen LogP contribution in [0, 0.1) is 0 Å². The van der Waals surface area contributed by atoms with Gasteiger partial charge in [0.15, 0.2) is 0 Å². The summed E-state index contributed by atoms with van der Waals surface area (Å²) in [5, 5.41) is 4.34. The van der Waals surface area contributed by atoms with E-state index in [1.54, 1.807) is 11.3 Å². The van der Waals surface area contributed by atoms with Gasteiger partial charge in [0, 0.05) is 6.04 Å². The standard InChI is InChI=1S/C13H24N2S/c1-2-3-4-5-6-7-13(15-14)10-12-8-9-16-11-12/h8-9,11,13,15H,2-7,10,14H2,1H3. The Morgan fingerprint density at radius 3 is 2.75 bits per heavy atom. The molecule has 0 radical (unpaired) electrons. The van der Waals surface area contributed by atoms with Crippen molar-refractivity contribution in [2.24, 2.45) is 5.84 Å². The second-order valence-corrected chi connectivity index (χ2v) is 5.18. The predicted octanol–water partition coefficient (Wildman–Crippen LogP) is 3.48. The predicted molar refractivity (Wildman–Crippen MR) is 72.5 cm³/mol. The van der Waals surface area contributed by atoms with Gasteiger partial charge in [0.05, 0.1) is 0 Å². The molecule has 0 aromatic carbocycles. The average Bonchev–Trinajstić information content (AvgIpc) is 2.80. The Morgan fingerprint density at radius 1 is 1.31 bits per heavy atom. The van der Waals surface area contributed by atoms with Crippen LogP contribution in [0.2, 0.25) is 0 Å². The quantitative estimate of drug-likeness (QED) is 0.394. The Morgan fingerprint density at radius 2 is 2.12 bits per heavy atom. The summed E-state index contributed by atoms with van der Waals surface area (Å²) in [4.78, 5) is 0. The first-order chi connectivity index (χ1) is 7.86. The van der Waals surface area contributed by atoms with Crippen LogP contribution in [-0.4, -0.2) is 6.04 Å². The molecule has 3 heteroatoms. The highest BCUT2D eigenvalue weighted by atomic mass is 32.1. The van der Waals surface area contributed by atoms with E-state index in [2.05, 4.69) is 29.2 Å². The molecule has 1 aromatic rings. The molecular weight excluding hydrogens is 216 g/mol. The molecule has 92 valence electrons. The van der Waals surface area contributed by atoms with Gasteiger partial charge in [-0.05, 0) is 35.2 Å². The van der Waals surface area contributed by atoms with Crippen LogP contribution < -0.4 is 11.3 Å². The topological polar surface area (TPSA) is 38.0 Å². The van der Waals surface area contributed by atoms with Gasteiger partial charge in [-0.25, -0.2) is 0 Å². The lowest BCUT2D eigenvalue weighted by molar-refractivity contribution is 0.461. The second-order valence-electron chi connectivity index (χ2n) is 4.40. The van der Waals surface area contributed by atoms with Crippen molar-refractivity contribution < 1.29 is 0 Å². The van der Waals surface area contributed by atoms with E-state index in [0.717, 1.165) is 6.42 Å². The summed E-state index contributed by atoms with van der Waals surface area (Å²) in [6, 6.07) is 2.63. The number of nitrogens with two attached hydrogens (primary N) is 1. The van der Waals surface area contributed by atoms with Crippen LogP contribution in [0.25, 0.3) is 0 Å². The molecule has 1 unspecified atom stereocenters. The molecule has 0 saturated carbocycles. The van der Waals surface area contributed by atoms with Gasteiger partial charge in [0.25, 0.3) is 0 Å². The van der Waals surface area contributed by atoms with Crippen LogP contribution in [0.1, 0.15) is 51.0 Å². The highest BCUT2D eigenvalue weighted by Crippen LogP contribution is 2.13. The van der Waals surface area contributed by atoms with Gasteiger partial charge >= 0.3 is 0 Å². The zero-order valence-corrected chi connectivity index (χ0v) is 11.1. The lowest BCUT2D eigenvalue weighted by Crippen LogP contribution is -2.36. The van der Waals surface area contributed by atoms with E-state index < -0.39 is 0 Å². The van der Waals surface area contributed by atoms with Crippen LogP contribution in [0.3, 0.4) is 0 Å². The van der Waals surface area contributed by atoms with E-state index in [0.29, 0.717) is 6.04 Å². The summed E-state index contributed by atoms with van der Waals surface area (Å²) in [7, 11) is 0. The minimum atomic E-state index is 0.441. The molecule has 1 aromatic heterocycles. The molecule has 0 fully saturated rings. The molecular formula is C13H24N2S. The van der Waals surface area contributed by atoms with Gasteiger partial charge in [0.1, 0.15) is 0 Å². The molecule has 0 aliphatic heterocycles. The number of hydrogen-bond acceptors (Lipinski definition) is 3. The fourth-order valence-electron chi connectivity index (χ4n) is 1.93. The lowest BCUT2D eigenvalue weighted by Gasteiger charge is -2.14. The summed E-state index contributed by atoms with van der Waals surface area (Å²) in [6.07, 6.45) is 8.93. The summed E-state index contributed by atoms with van der Waals surface area (Å²) < 4.78 is 0. The number of thiophene rings is 1. The summed E-state index contributed by atoms with van der Waals surface area (Å²) in [5.74, 6) is 5.58. The van der Waals surface area contributed by atoms with Crippen LogP contribution in [0.5, 0.6) is 0 Å². The minimum Gasteiger partial charge on any atom is -0.271 e. The maximum absolute atomic E-state index is 5.58. The number of hydrogen-bond donors (Lipinski definition) is 2. The average molecular weight is 240 g/mol. The Bertz CT molecular complexity index is 246. The van der Waals surface area contributed by atoms with Crippen LogP contribution in [0.15, 0.2) is 16.8 Å². The molecule has 1 atom stereocenters. The van der Waals surface area contributed by atoms with E-state index in [4.69, 9.17) is 5.84 Å². The highest BCUT2D eigenvalue weighted by molar-refractivity contribution is 7.07. The smallest absolute Gasteiger partial charge is 0.0251 e. The van der Waals surface area contributed by atoms with Crippen molar-refractivity contribution in [3.05, 3.63) is 22.4 Å². The van der Waals surface area contributed by atoms with E-state index in [9.17, 15) is 0 Å². The van der Waals surface area contributed by atoms with Gasteiger partial charge in [-0.2, -0.15) is 11.3 Å². The first-order valence-corrected chi connectivity index (χ1v) is 7.28. The summed E-state index contributed by atoms with van der Waals surface area (Å²) in [6.45, 7) is 2.25. The van der Waals surface area contributed by atoms with Gasteiger partial charge < -0.3 is 0 Å². The molecule has 2 nitrogen and oxygen atoms in total. The van der Waals surface area contributed by atoms with Crippen LogP contribution >= 0.6 is 11.3 Å². The van der Waals surface area contributed by atoms with Crippen LogP contribution in [0.4, 0.5) is 0 Å². The first kappa shape index (κ1) is 13.7. The molecule has 0 bridgehead atoms. The third-order valence-corrected chi connectivity index (χ3v) is 3.69.